The fourth-order valence-electron chi connectivity index (χ4n) is 5.05. The summed E-state index contributed by atoms with van der Waals surface area (Å²) in [5.74, 6) is -1.14. The van der Waals surface area contributed by atoms with Crippen LogP contribution in [0.3, 0.4) is 0 Å². The van der Waals surface area contributed by atoms with Crippen molar-refractivity contribution in [1.29, 1.82) is 0 Å². The van der Waals surface area contributed by atoms with Gasteiger partial charge >= 0.3 is 6.18 Å². The number of alkyl halides is 3. The van der Waals surface area contributed by atoms with Gasteiger partial charge in [-0.05, 0) is 48.6 Å². The number of piperidine rings is 1. The predicted octanol–water partition coefficient (Wildman–Crippen LogP) is 5.35. The summed E-state index contributed by atoms with van der Waals surface area (Å²) in [6.07, 6.45) is -2.27. The van der Waals surface area contributed by atoms with Gasteiger partial charge in [0.15, 0.2) is 9.84 Å². The molecular formula is C24H24F3N3O3S2. The highest BCUT2D eigenvalue weighted by molar-refractivity contribution is 7.90. The molecule has 0 N–H and O–H groups in total. The highest BCUT2D eigenvalue weighted by Gasteiger charge is 2.46. The van der Waals surface area contributed by atoms with E-state index in [0.717, 1.165) is 22.7 Å². The van der Waals surface area contributed by atoms with Crippen LogP contribution < -0.4 is 4.74 Å². The third-order valence-electron chi connectivity index (χ3n) is 6.76. The van der Waals surface area contributed by atoms with Gasteiger partial charge in [-0.15, -0.1) is 0 Å². The highest BCUT2D eigenvalue weighted by atomic mass is 32.2. The number of benzene rings is 2. The quantitative estimate of drug-likeness (QED) is 0.449. The first-order valence-electron chi connectivity index (χ1n) is 11.3. The highest BCUT2D eigenvalue weighted by Crippen LogP contribution is 2.48. The number of rotatable bonds is 5. The van der Waals surface area contributed by atoms with Crippen LogP contribution in [-0.2, 0) is 15.6 Å². The Labute approximate surface area is 205 Å². The Balaban J connectivity index is 1.46. The second-order valence-electron chi connectivity index (χ2n) is 8.87. The lowest BCUT2D eigenvalue weighted by molar-refractivity contribution is -0.192. The van der Waals surface area contributed by atoms with Gasteiger partial charge in [0.2, 0.25) is 0 Å². The Morgan fingerprint density at radius 1 is 1.09 bits per heavy atom. The van der Waals surface area contributed by atoms with Gasteiger partial charge < -0.3 is 4.74 Å². The molecule has 0 bridgehead atoms. The van der Waals surface area contributed by atoms with Gasteiger partial charge in [-0.2, -0.15) is 17.5 Å². The molecule has 11 heteroatoms. The molecule has 3 atom stereocenters. The van der Waals surface area contributed by atoms with Crippen molar-refractivity contribution in [2.24, 2.45) is 5.92 Å². The van der Waals surface area contributed by atoms with E-state index in [1.807, 2.05) is 30.3 Å². The minimum absolute atomic E-state index is 0.00544. The number of likely N-dealkylation sites (tertiary alicyclic amines) is 1. The lowest BCUT2D eigenvalue weighted by atomic mass is 9.84. The Kier molecular flexibility index (Phi) is 6.58. The predicted molar refractivity (Wildman–Crippen MR) is 125 cm³/mol. The SMILES string of the molecule is O=S(=O)(Cc1ncns1)c1ccc2c(c1)OCCC2N1CC[C@H](C(F)(F)F)C[C@@H]1c1ccccc1. The van der Waals surface area contributed by atoms with Crippen LogP contribution in [0.15, 0.2) is 59.8 Å². The molecule has 2 aliphatic rings. The van der Waals surface area contributed by atoms with Crippen LogP contribution in [0.25, 0.3) is 0 Å². The zero-order chi connectivity index (χ0) is 24.6. The third kappa shape index (κ3) is 5.07. The van der Waals surface area contributed by atoms with E-state index in [2.05, 4.69) is 14.3 Å². The number of hydrogen-bond acceptors (Lipinski definition) is 7. The van der Waals surface area contributed by atoms with Gasteiger partial charge in [0.1, 0.15) is 22.8 Å². The zero-order valence-corrected chi connectivity index (χ0v) is 20.3. The number of hydrogen-bond donors (Lipinski definition) is 0. The minimum atomic E-state index is -4.23. The number of halogens is 3. The average Bonchev–Trinajstić information content (AvgIpc) is 3.35. The Bertz CT molecular complexity index is 1270. The largest absolute Gasteiger partial charge is 0.493 e. The zero-order valence-electron chi connectivity index (χ0n) is 18.7. The molecule has 6 nitrogen and oxygen atoms in total. The van der Waals surface area contributed by atoms with E-state index >= 15 is 0 Å². The van der Waals surface area contributed by atoms with Crippen molar-refractivity contribution in [1.82, 2.24) is 14.3 Å². The first kappa shape index (κ1) is 24.2. The van der Waals surface area contributed by atoms with E-state index in [-0.39, 0.29) is 29.5 Å². The van der Waals surface area contributed by atoms with Crippen molar-refractivity contribution in [3.63, 3.8) is 0 Å². The maximum atomic E-state index is 13.6. The molecule has 3 aromatic rings. The fourth-order valence-corrected chi connectivity index (χ4v) is 7.17. The molecule has 0 aliphatic carbocycles. The smallest absolute Gasteiger partial charge is 0.391 e. The van der Waals surface area contributed by atoms with Crippen molar-refractivity contribution in [3.05, 3.63) is 71.0 Å². The maximum Gasteiger partial charge on any atom is 0.391 e. The van der Waals surface area contributed by atoms with Gasteiger partial charge in [-0.25, -0.2) is 13.4 Å². The van der Waals surface area contributed by atoms with E-state index in [9.17, 15) is 21.6 Å². The van der Waals surface area contributed by atoms with Crippen LogP contribution in [0.1, 0.15) is 47.5 Å². The van der Waals surface area contributed by atoms with Crippen molar-refractivity contribution in [2.75, 3.05) is 13.2 Å². The number of aromatic nitrogens is 2. The third-order valence-corrected chi connectivity index (χ3v) is 9.23. The molecule has 2 aromatic carbocycles. The Hall–Kier alpha value is -2.50. The van der Waals surface area contributed by atoms with E-state index in [1.165, 1.54) is 12.4 Å². The van der Waals surface area contributed by atoms with Crippen molar-refractivity contribution in [2.45, 2.75) is 48.2 Å². The molecule has 1 saturated heterocycles. The molecular weight excluding hydrogens is 499 g/mol. The monoisotopic (exact) mass is 523 g/mol. The lowest BCUT2D eigenvalue weighted by Crippen LogP contribution is -2.44. The van der Waals surface area contributed by atoms with Gasteiger partial charge in [0.05, 0.1) is 17.4 Å². The summed E-state index contributed by atoms with van der Waals surface area (Å²) < 4.78 is 76.4. The topological polar surface area (TPSA) is 72.4 Å². The summed E-state index contributed by atoms with van der Waals surface area (Å²) in [4.78, 5) is 6.22. The molecule has 1 fully saturated rings. The second kappa shape index (κ2) is 9.51. The first-order chi connectivity index (χ1) is 16.7. The fraction of sp³-hybridized carbons (Fsp3) is 0.417. The summed E-state index contributed by atoms with van der Waals surface area (Å²) in [6.45, 7) is 0.656. The van der Waals surface area contributed by atoms with E-state index in [0.29, 0.717) is 30.3 Å². The second-order valence-corrected chi connectivity index (χ2v) is 11.7. The van der Waals surface area contributed by atoms with Crippen molar-refractivity contribution >= 4 is 21.4 Å². The molecule has 1 unspecified atom stereocenters. The summed E-state index contributed by atoms with van der Waals surface area (Å²) in [7, 11) is -3.65. The van der Waals surface area contributed by atoms with Crippen molar-refractivity contribution in [3.8, 4) is 5.75 Å². The molecule has 5 rings (SSSR count). The molecule has 0 saturated carbocycles. The van der Waals surface area contributed by atoms with Crippen LogP contribution >= 0.6 is 11.5 Å². The van der Waals surface area contributed by atoms with E-state index in [1.54, 1.807) is 12.1 Å². The number of sulfone groups is 1. The molecule has 0 radical (unpaired) electrons. The molecule has 35 heavy (non-hydrogen) atoms. The van der Waals surface area contributed by atoms with Gasteiger partial charge in [-0.3, -0.25) is 4.90 Å². The number of fused-ring (bicyclic) bond motifs is 1. The average molecular weight is 524 g/mol. The van der Waals surface area contributed by atoms with Crippen LogP contribution in [0.5, 0.6) is 5.75 Å². The van der Waals surface area contributed by atoms with Crippen molar-refractivity contribution < 1.29 is 26.3 Å². The number of nitrogens with zero attached hydrogens (tertiary/aromatic N) is 3. The molecule has 0 amide bonds. The van der Waals surface area contributed by atoms with Gasteiger partial charge in [-0.1, -0.05) is 36.4 Å². The molecule has 2 aliphatic heterocycles. The molecule has 186 valence electrons. The number of ether oxygens (including phenoxy) is 1. The van der Waals surface area contributed by atoms with E-state index < -0.39 is 28.0 Å². The van der Waals surface area contributed by atoms with Crippen LogP contribution in [-0.4, -0.2) is 42.0 Å². The Morgan fingerprint density at radius 3 is 2.60 bits per heavy atom. The molecule has 1 aromatic heterocycles. The van der Waals surface area contributed by atoms with E-state index in [4.69, 9.17) is 4.74 Å². The van der Waals surface area contributed by atoms with Gasteiger partial charge in [0, 0.05) is 24.1 Å². The summed E-state index contributed by atoms with van der Waals surface area (Å²) in [6, 6.07) is 13.5. The normalized spacial score (nSPS) is 23.5. The first-order valence-corrected chi connectivity index (χ1v) is 13.8. The molecule has 3 heterocycles. The summed E-state index contributed by atoms with van der Waals surface area (Å²) in [5, 5.41) is 0.403. The standard InChI is InChI=1S/C24H24F3N3O3S2/c25-24(26,27)17-8-10-30(21(12-17)16-4-2-1-3-5-16)20-9-11-33-22-13-18(6-7-19(20)22)35(31,32)14-23-28-15-29-34-23/h1-7,13,15,17,20-21H,8-12,14H2/t17-,20?,21+/m0/s1. The minimum Gasteiger partial charge on any atom is -0.493 e. The maximum absolute atomic E-state index is 13.6. The van der Waals surface area contributed by atoms with Gasteiger partial charge in [0.25, 0.3) is 0 Å². The van der Waals surface area contributed by atoms with Crippen LogP contribution in [0.2, 0.25) is 0 Å². The summed E-state index contributed by atoms with van der Waals surface area (Å²) >= 11 is 1.03. The molecule has 0 spiro atoms. The van der Waals surface area contributed by atoms with Crippen LogP contribution in [0.4, 0.5) is 13.2 Å². The van der Waals surface area contributed by atoms with Crippen LogP contribution in [0, 0.1) is 5.92 Å². The lowest BCUT2D eigenvalue weighted by Gasteiger charge is -2.46. The summed E-state index contributed by atoms with van der Waals surface area (Å²) in [5.41, 5.74) is 1.66. The Morgan fingerprint density at radius 2 is 1.89 bits per heavy atom.